The van der Waals surface area contributed by atoms with E-state index in [1.54, 1.807) is 11.5 Å². The molecule has 1 aliphatic rings. The van der Waals surface area contributed by atoms with Gasteiger partial charge in [0.1, 0.15) is 29.3 Å². The second-order valence-electron chi connectivity index (χ2n) is 8.44. The predicted molar refractivity (Wildman–Crippen MR) is 122 cm³/mol. The van der Waals surface area contributed by atoms with Gasteiger partial charge in [0.15, 0.2) is 11.5 Å². The van der Waals surface area contributed by atoms with Gasteiger partial charge in [-0.2, -0.15) is 10.2 Å². The van der Waals surface area contributed by atoms with Gasteiger partial charge in [-0.25, -0.2) is 9.37 Å². The van der Waals surface area contributed by atoms with E-state index in [9.17, 15) is 14.4 Å². The van der Waals surface area contributed by atoms with Crippen LogP contribution in [0.3, 0.4) is 0 Å². The van der Waals surface area contributed by atoms with Crippen molar-refractivity contribution in [3.05, 3.63) is 46.0 Å². The number of halogens is 1. The van der Waals surface area contributed by atoms with E-state index in [4.69, 9.17) is 14.0 Å². The molecule has 1 aromatic carbocycles. The smallest absolute Gasteiger partial charge is 0.278 e. The lowest BCUT2D eigenvalue weighted by Gasteiger charge is -2.27. The number of hydrogen-bond donors (Lipinski definition) is 0. The van der Waals surface area contributed by atoms with Crippen LogP contribution in [0, 0.1) is 17.1 Å². The number of fused-ring (bicyclic) bond motifs is 3. The number of nitrogens with zero attached hydrogens (tertiary/aromatic N) is 7. The highest BCUT2D eigenvalue weighted by molar-refractivity contribution is 5.87. The average Bonchev–Trinajstić information content (AvgIpc) is 3.53. The molecule has 1 saturated heterocycles. The Balaban J connectivity index is 1.68. The van der Waals surface area contributed by atoms with E-state index in [0.29, 0.717) is 37.7 Å². The molecule has 0 aliphatic carbocycles. The summed E-state index contributed by atoms with van der Waals surface area (Å²) in [6.07, 6.45) is 1.45. The highest BCUT2D eigenvalue weighted by Crippen LogP contribution is 2.27. The van der Waals surface area contributed by atoms with Crippen molar-refractivity contribution < 1.29 is 18.4 Å². The Labute approximate surface area is 199 Å². The zero-order valence-electron chi connectivity index (χ0n) is 19.4. The Bertz CT molecular complexity index is 1480. The number of nitriles is 1. The quantitative estimate of drug-likeness (QED) is 0.389. The maximum Gasteiger partial charge on any atom is 0.278 e. The molecule has 3 aromatic heterocycles. The summed E-state index contributed by atoms with van der Waals surface area (Å²) in [5.74, 6) is -0.263. The topological polar surface area (TPSA) is 124 Å². The highest BCUT2D eigenvalue weighted by Gasteiger charge is 2.25. The zero-order valence-corrected chi connectivity index (χ0v) is 19.4. The average molecular weight is 481 g/mol. The number of aromatic nitrogens is 5. The molecule has 35 heavy (non-hydrogen) atoms. The molecule has 0 bridgehead atoms. The molecule has 182 valence electrons. The first kappa shape index (κ1) is 23.1. The fraction of sp³-hybridized carbons (Fsp3) is 0.435. The van der Waals surface area contributed by atoms with Gasteiger partial charge in [-0.15, -0.1) is 0 Å². The minimum atomic E-state index is -0.687. The third-order valence-corrected chi connectivity index (χ3v) is 6.21. The Morgan fingerprint density at radius 2 is 2.06 bits per heavy atom. The molecule has 11 nitrogen and oxygen atoms in total. The van der Waals surface area contributed by atoms with Gasteiger partial charge >= 0.3 is 0 Å². The molecule has 0 N–H and O–H groups in total. The Hall–Kier alpha value is -3.66. The highest BCUT2D eigenvalue weighted by atomic mass is 19.1. The van der Waals surface area contributed by atoms with Crippen molar-refractivity contribution in [1.82, 2.24) is 29.0 Å². The van der Waals surface area contributed by atoms with E-state index in [1.165, 1.54) is 23.0 Å². The fourth-order valence-electron chi connectivity index (χ4n) is 4.39. The summed E-state index contributed by atoms with van der Waals surface area (Å²) in [6.45, 7) is 5.79. The summed E-state index contributed by atoms with van der Waals surface area (Å²) >= 11 is 0. The number of rotatable bonds is 7. The standard InChI is InChI=1S/C23H24FN7O4/c1-14(12-33-2)21-27-22(35-28-21)18-20-23(32)30(6-5-29-7-9-34-10-8-29)19-15(11-25)16(24)3-4-17(19)31(20)13-26-18/h3-4,13-14H,5-10,12H2,1-2H3. The molecule has 12 heteroatoms. The van der Waals surface area contributed by atoms with Crippen molar-refractivity contribution in [2.24, 2.45) is 0 Å². The van der Waals surface area contributed by atoms with Crippen LogP contribution in [-0.2, 0) is 16.0 Å². The lowest BCUT2D eigenvalue weighted by molar-refractivity contribution is 0.0364. The van der Waals surface area contributed by atoms with Crippen LogP contribution in [-0.4, -0.2) is 75.6 Å². The number of ether oxygens (including phenoxy) is 2. The summed E-state index contributed by atoms with van der Waals surface area (Å²) in [4.78, 5) is 24.8. The van der Waals surface area contributed by atoms with Crippen LogP contribution in [0.15, 0.2) is 27.8 Å². The van der Waals surface area contributed by atoms with Crippen LogP contribution in [0.2, 0.25) is 0 Å². The molecule has 1 atom stereocenters. The molecule has 1 fully saturated rings. The third-order valence-electron chi connectivity index (χ3n) is 6.21. The van der Waals surface area contributed by atoms with Crippen molar-refractivity contribution in [2.75, 3.05) is 46.6 Å². The number of hydrogen-bond acceptors (Lipinski definition) is 9. The molecule has 0 spiro atoms. The van der Waals surface area contributed by atoms with Gasteiger partial charge < -0.3 is 18.6 Å². The first-order valence-electron chi connectivity index (χ1n) is 11.3. The van der Waals surface area contributed by atoms with Gasteiger partial charge in [0.2, 0.25) is 0 Å². The predicted octanol–water partition coefficient (Wildman–Crippen LogP) is 1.79. The van der Waals surface area contributed by atoms with Crippen molar-refractivity contribution >= 4 is 16.6 Å². The molecule has 5 rings (SSSR count). The molecule has 4 aromatic rings. The molecule has 1 aliphatic heterocycles. The summed E-state index contributed by atoms with van der Waals surface area (Å²) in [5, 5.41) is 13.7. The third kappa shape index (κ3) is 4.07. The normalized spacial score (nSPS) is 15.6. The van der Waals surface area contributed by atoms with E-state index < -0.39 is 11.4 Å². The van der Waals surface area contributed by atoms with Gasteiger partial charge in [-0.3, -0.25) is 14.1 Å². The first-order valence-corrected chi connectivity index (χ1v) is 11.3. The maximum absolute atomic E-state index is 14.6. The van der Waals surface area contributed by atoms with Crippen LogP contribution in [0.1, 0.15) is 24.2 Å². The van der Waals surface area contributed by atoms with Gasteiger partial charge in [-0.05, 0) is 12.1 Å². The van der Waals surface area contributed by atoms with Gasteiger partial charge in [0, 0.05) is 39.2 Å². The molecule has 1 unspecified atom stereocenters. The lowest BCUT2D eigenvalue weighted by atomic mass is 10.1. The fourth-order valence-corrected chi connectivity index (χ4v) is 4.39. The van der Waals surface area contributed by atoms with E-state index in [-0.39, 0.29) is 40.6 Å². The van der Waals surface area contributed by atoms with Crippen LogP contribution in [0.25, 0.3) is 28.1 Å². The minimum absolute atomic E-state index is 0.101. The number of methoxy groups -OCH3 is 1. The molecule has 0 amide bonds. The number of benzene rings is 1. The Morgan fingerprint density at radius 1 is 1.26 bits per heavy atom. The number of imidazole rings is 1. The van der Waals surface area contributed by atoms with E-state index in [1.807, 2.05) is 13.0 Å². The van der Waals surface area contributed by atoms with E-state index in [2.05, 4.69) is 20.0 Å². The molecular weight excluding hydrogens is 457 g/mol. The largest absolute Gasteiger partial charge is 0.384 e. The van der Waals surface area contributed by atoms with Gasteiger partial charge in [-0.1, -0.05) is 12.1 Å². The van der Waals surface area contributed by atoms with Crippen LogP contribution >= 0.6 is 0 Å². The van der Waals surface area contributed by atoms with Crippen molar-refractivity contribution in [3.63, 3.8) is 0 Å². The first-order chi connectivity index (χ1) is 17.0. The minimum Gasteiger partial charge on any atom is -0.384 e. The monoisotopic (exact) mass is 481 g/mol. The van der Waals surface area contributed by atoms with Crippen LogP contribution in [0.4, 0.5) is 4.39 Å². The van der Waals surface area contributed by atoms with E-state index >= 15 is 0 Å². The van der Waals surface area contributed by atoms with Crippen LogP contribution in [0.5, 0.6) is 0 Å². The zero-order chi connectivity index (χ0) is 24.5. The van der Waals surface area contributed by atoms with Gasteiger partial charge in [0.25, 0.3) is 11.4 Å². The van der Waals surface area contributed by atoms with Crippen LogP contribution < -0.4 is 5.56 Å². The summed E-state index contributed by atoms with van der Waals surface area (Å²) in [7, 11) is 1.59. The van der Waals surface area contributed by atoms with Crippen molar-refractivity contribution in [2.45, 2.75) is 19.4 Å². The summed E-state index contributed by atoms with van der Waals surface area (Å²) < 4.78 is 33.6. The Morgan fingerprint density at radius 3 is 2.80 bits per heavy atom. The summed E-state index contributed by atoms with van der Waals surface area (Å²) in [6, 6.07) is 4.67. The molecular formula is C23H24FN7O4. The van der Waals surface area contributed by atoms with Gasteiger partial charge in [0.05, 0.1) is 30.9 Å². The SMILES string of the molecule is COCC(C)c1noc(-c2ncn3c2c(=O)n(CCN2CCOCC2)c2c(C#N)c(F)ccc23)n1. The summed E-state index contributed by atoms with van der Waals surface area (Å²) in [5.41, 5.74) is 0.526. The Kier molecular flexibility index (Phi) is 6.29. The molecule has 0 radical (unpaired) electrons. The molecule has 4 heterocycles. The number of morpholine rings is 1. The molecule has 0 saturated carbocycles. The second-order valence-corrected chi connectivity index (χ2v) is 8.44. The maximum atomic E-state index is 14.6. The van der Waals surface area contributed by atoms with E-state index in [0.717, 1.165) is 13.1 Å². The second kappa shape index (κ2) is 9.53. The lowest BCUT2D eigenvalue weighted by Crippen LogP contribution is -2.39. The van der Waals surface area contributed by atoms with Crippen molar-refractivity contribution in [3.8, 4) is 17.7 Å². The van der Waals surface area contributed by atoms with Crippen molar-refractivity contribution in [1.29, 1.82) is 5.26 Å².